The summed E-state index contributed by atoms with van der Waals surface area (Å²) in [5.74, 6) is -0.261. The zero-order chi connectivity index (χ0) is 16.2. The van der Waals surface area contributed by atoms with Crippen molar-refractivity contribution in [1.82, 2.24) is 10.6 Å². The standard InChI is InChI=1S/C16H18ClFN2OS/c1-16(2,12-5-3-4-6-13(12)18)10-20-15(21)19-9-11-7-8-14(17)22-11/h3-8H,9-10H2,1-2H3,(H2,19,20,21). The molecule has 0 aliphatic heterocycles. The number of carbonyl (C=O) groups excluding carboxylic acids is 1. The number of hydrogen-bond donors (Lipinski definition) is 2. The van der Waals surface area contributed by atoms with Crippen molar-refractivity contribution in [1.29, 1.82) is 0 Å². The minimum Gasteiger partial charge on any atom is -0.337 e. The molecule has 0 saturated carbocycles. The number of nitrogens with one attached hydrogen (secondary N) is 2. The Hall–Kier alpha value is -1.59. The highest BCUT2D eigenvalue weighted by Crippen LogP contribution is 2.25. The van der Waals surface area contributed by atoms with Crippen LogP contribution in [-0.2, 0) is 12.0 Å². The Morgan fingerprint density at radius 1 is 1.23 bits per heavy atom. The molecule has 0 atom stereocenters. The first kappa shape index (κ1) is 16.8. The number of rotatable bonds is 5. The summed E-state index contributed by atoms with van der Waals surface area (Å²) in [6, 6.07) is 10.00. The van der Waals surface area contributed by atoms with Crippen LogP contribution in [0.5, 0.6) is 0 Å². The molecule has 0 radical (unpaired) electrons. The third kappa shape index (κ3) is 4.45. The molecule has 0 unspecified atom stereocenters. The first-order chi connectivity index (χ1) is 10.4. The van der Waals surface area contributed by atoms with E-state index in [1.54, 1.807) is 24.3 Å². The molecule has 2 amide bonds. The molecule has 0 aliphatic carbocycles. The Bertz CT molecular complexity index is 657. The highest BCUT2D eigenvalue weighted by Gasteiger charge is 2.24. The molecule has 0 aliphatic rings. The Balaban J connectivity index is 1.86. The predicted molar refractivity (Wildman–Crippen MR) is 89.0 cm³/mol. The van der Waals surface area contributed by atoms with Crippen LogP contribution < -0.4 is 10.6 Å². The van der Waals surface area contributed by atoms with Crippen molar-refractivity contribution in [3.8, 4) is 0 Å². The minimum absolute atomic E-state index is 0.261. The fourth-order valence-corrected chi connectivity index (χ4v) is 3.11. The Kier molecular flexibility index (Phi) is 5.42. The smallest absolute Gasteiger partial charge is 0.315 e. The first-order valence-corrected chi connectivity index (χ1v) is 8.09. The van der Waals surface area contributed by atoms with Gasteiger partial charge in [0.2, 0.25) is 0 Å². The predicted octanol–water partition coefficient (Wildman–Crippen LogP) is 4.32. The fraction of sp³-hybridized carbons (Fsp3) is 0.312. The van der Waals surface area contributed by atoms with Crippen LogP contribution in [-0.4, -0.2) is 12.6 Å². The van der Waals surface area contributed by atoms with Crippen LogP contribution in [0.3, 0.4) is 0 Å². The number of urea groups is 1. The lowest BCUT2D eigenvalue weighted by Crippen LogP contribution is -2.42. The van der Waals surface area contributed by atoms with E-state index in [1.807, 2.05) is 19.9 Å². The van der Waals surface area contributed by atoms with Crippen molar-refractivity contribution in [2.75, 3.05) is 6.54 Å². The van der Waals surface area contributed by atoms with E-state index in [0.29, 0.717) is 23.0 Å². The number of benzene rings is 1. The van der Waals surface area contributed by atoms with Gasteiger partial charge < -0.3 is 10.6 Å². The lowest BCUT2D eigenvalue weighted by Gasteiger charge is -2.26. The second-order valence-corrected chi connectivity index (χ2v) is 7.41. The lowest BCUT2D eigenvalue weighted by atomic mass is 9.84. The Morgan fingerprint density at radius 2 is 1.95 bits per heavy atom. The summed E-state index contributed by atoms with van der Waals surface area (Å²) in [5, 5.41) is 5.54. The number of thiophene rings is 1. The summed E-state index contributed by atoms with van der Waals surface area (Å²) in [7, 11) is 0. The third-order valence-corrected chi connectivity index (χ3v) is 4.58. The second kappa shape index (κ2) is 7.11. The Labute approximate surface area is 138 Å². The zero-order valence-electron chi connectivity index (χ0n) is 12.5. The van der Waals surface area contributed by atoms with E-state index in [0.717, 1.165) is 4.88 Å². The van der Waals surface area contributed by atoms with E-state index in [4.69, 9.17) is 11.6 Å². The molecular formula is C16H18ClFN2OS. The largest absolute Gasteiger partial charge is 0.337 e. The topological polar surface area (TPSA) is 41.1 Å². The van der Waals surface area contributed by atoms with Gasteiger partial charge in [-0.2, -0.15) is 0 Å². The molecule has 22 heavy (non-hydrogen) atoms. The van der Waals surface area contributed by atoms with E-state index < -0.39 is 5.41 Å². The molecular weight excluding hydrogens is 323 g/mol. The third-order valence-electron chi connectivity index (χ3n) is 3.35. The maximum Gasteiger partial charge on any atom is 0.315 e. The maximum absolute atomic E-state index is 13.8. The monoisotopic (exact) mass is 340 g/mol. The molecule has 0 fully saturated rings. The number of halogens is 2. The number of hydrogen-bond acceptors (Lipinski definition) is 2. The molecule has 3 nitrogen and oxygen atoms in total. The maximum atomic E-state index is 13.8. The van der Waals surface area contributed by atoms with Crippen molar-refractivity contribution < 1.29 is 9.18 Å². The molecule has 1 aromatic carbocycles. The van der Waals surface area contributed by atoms with Gasteiger partial charge in [0, 0.05) is 16.8 Å². The SMILES string of the molecule is CC(C)(CNC(=O)NCc1ccc(Cl)s1)c1ccccc1F. The van der Waals surface area contributed by atoms with E-state index >= 15 is 0 Å². The van der Waals surface area contributed by atoms with Crippen LogP contribution in [0.25, 0.3) is 0 Å². The van der Waals surface area contributed by atoms with Crippen molar-refractivity contribution in [3.05, 3.63) is 57.0 Å². The van der Waals surface area contributed by atoms with Gasteiger partial charge in [0.05, 0.1) is 10.9 Å². The molecule has 0 spiro atoms. The molecule has 0 saturated heterocycles. The summed E-state index contributed by atoms with van der Waals surface area (Å²) in [5.41, 5.74) is 0.0925. The second-order valence-electron chi connectivity index (χ2n) is 5.61. The van der Waals surface area contributed by atoms with Crippen molar-refractivity contribution >= 4 is 29.0 Å². The van der Waals surface area contributed by atoms with Gasteiger partial charge >= 0.3 is 6.03 Å². The van der Waals surface area contributed by atoms with Gasteiger partial charge in [0.15, 0.2) is 0 Å². The van der Waals surface area contributed by atoms with Crippen LogP contribution in [0.2, 0.25) is 4.34 Å². The van der Waals surface area contributed by atoms with E-state index in [9.17, 15) is 9.18 Å². The van der Waals surface area contributed by atoms with E-state index in [2.05, 4.69) is 10.6 Å². The Morgan fingerprint density at radius 3 is 2.59 bits per heavy atom. The lowest BCUT2D eigenvalue weighted by molar-refractivity contribution is 0.238. The van der Waals surface area contributed by atoms with Gasteiger partial charge in [0.25, 0.3) is 0 Å². The molecule has 6 heteroatoms. The summed E-state index contributed by atoms with van der Waals surface area (Å²) >= 11 is 7.26. The van der Waals surface area contributed by atoms with Crippen molar-refractivity contribution in [2.45, 2.75) is 25.8 Å². The van der Waals surface area contributed by atoms with Gasteiger partial charge in [-0.15, -0.1) is 11.3 Å². The van der Waals surface area contributed by atoms with Crippen LogP contribution >= 0.6 is 22.9 Å². The number of carbonyl (C=O) groups is 1. The van der Waals surface area contributed by atoms with Crippen LogP contribution in [0.4, 0.5) is 9.18 Å². The van der Waals surface area contributed by atoms with Crippen molar-refractivity contribution in [3.63, 3.8) is 0 Å². The molecule has 2 N–H and O–H groups in total. The van der Waals surface area contributed by atoms with Crippen LogP contribution in [0, 0.1) is 5.82 Å². The van der Waals surface area contributed by atoms with Gasteiger partial charge in [-0.1, -0.05) is 43.6 Å². The average molecular weight is 341 g/mol. The summed E-state index contributed by atoms with van der Waals surface area (Å²) in [4.78, 5) is 12.8. The quantitative estimate of drug-likeness (QED) is 0.836. The number of amides is 2. The van der Waals surface area contributed by atoms with Crippen LogP contribution in [0.15, 0.2) is 36.4 Å². The molecule has 1 aromatic heterocycles. The van der Waals surface area contributed by atoms with E-state index in [-0.39, 0.29) is 11.8 Å². The van der Waals surface area contributed by atoms with Gasteiger partial charge in [0.1, 0.15) is 5.82 Å². The molecule has 2 rings (SSSR count). The molecule has 1 heterocycles. The van der Waals surface area contributed by atoms with Crippen molar-refractivity contribution in [2.24, 2.45) is 0 Å². The highest BCUT2D eigenvalue weighted by molar-refractivity contribution is 7.16. The van der Waals surface area contributed by atoms with Gasteiger partial charge in [-0.05, 0) is 23.8 Å². The zero-order valence-corrected chi connectivity index (χ0v) is 14.0. The van der Waals surface area contributed by atoms with E-state index in [1.165, 1.54) is 17.4 Å². The van der Waals surface area contributed by atoms with Crippen LogP contribution in [0.1, 0.15) is 24.3 Å². The fourth-order valence-electron chi connectivity index (χ4n) is 2.08. The molecule has 118 valence electrons. The van der Waals surface area contributed by atoms with Gasteiger partial charge in [-0.3, -0.25) is 0 Å². The minimum atomic E-state index is -0.491. The summed E-state index contributed by atoms with van der Waals surface area (Å²) in [6.07, 6.45) is 0. The summed E-state index contributed by atoms with van der Waals surface area (Å²) in [6.45, 7) is 4.55. The average Bonchev–Trinajstić information content (AvgIpc) is 2.89. The molecule has 0 bridgehead atoms. The molecule has 2 aromatic rings. The summed E-state index contributed by atoms with van der Waals surface area (Å²) < 4.78 is 14.5. The normalized spacial score (nSPS) is 11.3. The first-order valence-electron chi connectivity index (χ1n) is 6.89. The van der Waals surface area contributed by atoms with Gasteiger partial charge in [-0.25, -0.2) is 9.18 Å². The highest BCUT2D eigenvalue weighted by atomic mass is 35.5.